The van der Waals surface area contributed by atoms with Crippen molar-refractivity contribution in [3.05, 3.63) is 77.0 Å². The van der Waals surface area contributed by atoms with Crippen molar-refractivity contribution in [2.24, 2.45) is 5.92 Å². The van der Waals surface area contributed by atoms with E-state index >= 15 is 0 Å². The second-order valence-electron chi connectivity index (χ2n) is 7.76. The van der Waals surface area contributed by atoms with Crippen molar-refractivity contribution >= 4 is 5.97 Å². The molecule has 3 rings (SSSR count). The van der Waals surface area contributed by atoms with E-state index in [1.807, 2.05) is 0 Å². The largest absolute Gasteiger partial charge is 0.486 e. The fourth-order valence-electron chi connectivity index (χ4n) is 3.29. The van der Waals surface area contributed by atoms with Gasteiger partial charge in [0.15, 0.2) is 0 Å². The van der Waals surface area contributed by atoms with Gasteiger partial charge in [0.2, 0.25) is 0 Å². The first kappa shape index (κ1) is 22.5. The van der Waals surface area contributed by atoms with Crippen LogP contribution in [-0.4, -0.2) is 11.1 Å². The molecule has 164 valence electrons. The van der Waals surface area contributed by atoms with Crippen LogP contribution >= 0.6 is 0 Å². The second-order valence-corrected chi connectivity index (χ2v) is 7.76. The van der Waals surface area contributed by atoms with Gasteiger partial charge in [0.1, 0.15) is 23.4 Å². The number of carboxylic acids is 1. The molecular formula is C24H23F3O4. The van der Waals surface area contributed by atoms with Crippen molar-refractivity contribution in [3.8, 4) is 17.1 Å². The molecule has 0 radical (unpaired) electrons. The Morgan fingerprint density at radius 3 is 2.19 bits per heavy atom. The number of hydrogen-bond acceptors (Lipinski definition) is 3. The number of aryl methyl sites for hydroxylation is 1. The Bertz CT molecular complexity index is 1030. The highest BCUT2D eigenvalue weighted by Gasteiger charge is 2.30. The highest BCUT2D eigenvalue weighted by molar-refractivity contribution is 5.87. The molecule has 1 N–H and O–H groups in total. The van der Waals surface area contributed by atoms with Crippen LogP contribution in [0.5, 0.6) is 5.75 Å². The summed E-state index contributed by atoms with van der Waals surface area (Å²) >= 11 is 0. The zero-order chi connectivity index (χ0) is 22.8. The third kappa shape index (κ3) is 5.48. The minimum atomic E-state index is -4.39. The first-order valence-electron chi connectivity index (χ1n) is 9.82. The summed E-state index contributed by atoms with van der Waals surface area (Å²) in [4.78, 5) is 11.0. The van der Waals surface area contributed by atoms with E-state index in [-0.39, 0.29) is 11.7 Å². The molecule has 7 heteroatoms. The van der Waals surface area contributed by atoms with Gasteiger partial charge in [-0.2, -0.15) is 13.2 Å². The van der Waals surface area contributed by atoms with E-state index < -0.39 is 17.7 Å². The summed E-state index contributed by atoms with van der Waals surface area (Å²) in [5, 5.41) is 9.05. The van der Waals surface area contributed by atoms with Crippen molar-refractivity contribution in [1.29, 1.82) is 0 Å². The number of ether oxygens (including phenoxy) is 1. The van der Waals surface area contributed by atoms with E-state index in [0.29, 0.717) is 35.2 Å². The first-order chi connectivity index (χ1) is 14.5. The van der Waals surface area contributed by atoms with Gasteiger partial charge in [0.05, 0.1) is 11.1 Å². The molecule has 1 atom stereocenters. The Hall–Kier alpha value is -3.22. The molecule has 0 aliphatic carbocycles. The van der Waals surface area contributed by atoms with Crippen LogP contribution in [0.3, 0.4) is 0 Å². The maximum Gasteiger partial charge on any atom is 0.416 e. The number of carbonyl (C=O) groups is 1. The fourth-order valence-corrected chi connectivity index (χ4v) is 3.29. The number of benzene rings is 2. The van der Waals surface area contributed by atoms with E-state index in [0.717, 1.165) is 17.7 Å². The second kappa shape index (κ2) is 8.88. The Morgan fingerprint density at radius 2 is 1.68 bits per heavy atom. The number of halogens is 3. The van der Waals surface area contributed by atoms with Gasteiger partial charge in [-0.15, -0.1) is 0 Å². The summed E-state index contributed by atoms with van der Waals surface area (Å²) in [7, 11) is 0. The van der Waals surface area contributed by atoms with Crippen LogP contribution in [0, 0.1) is 12.8 Å². The maximum absolute atomic E-state index is 12.8. The predicted molar refractivity (Wildman–Crippen MR) is 110 cm³/mol. The summed E-state index contributed by atoms with van der Waals surface area (Å²) in [6.45, 7) is 5.89. The molecule has 2 aromatic carbocycles. The number of furan rings is 1. The number of hydrogen-bond donors (Lipinski definition) is 1. The lowest BCUT2D eigenvalue weighted by Crippen LogP contribution is -2.11. The summed E-state index contributed by atoms with van der Waals surface area (Å²) in [5.74, 6) is 0.874. The highest BCUT2D eigenvalue weighted by Crippen LogP contribution is 2.36. The molecule has 1 unspecified atom stereocenters. The van der Waals surface area contributed by atoms with Crippen LogP contribution in [-0.2, 0) is 6.18 Å². The molecule has 0 aliphatic heterocycles. The minimum absolute atomic E-state index is 0.164. The van der Waals surface area contributed by atoms with Gasteiger partial charge in [-0.3, -0.25) is 0 Å². The highest BCUT2D eigenvalue weighted by atomic mass is 19.4. The standard InChI is InChI=1S/C24H23F3O4/c1-14(2)12-22(31-19-10-6-17(7-11-19)23(28)29)20-13-21(30-15(20)3)16-4-8-18(9-5-16)24(25,26)27/h4-11,13-14,22H,12H2,1-3H3,(H,28,29). The molecule has 1 heterocycles. The smallest absolute Gasteiger partial charge is 0.416 e. The Balaban J connectivity index is 1.88. The van der Waals surface area contributed by atoms with Crippen LogP contribution < -0.4 is 4.74 Å². The minimum Gasteiger partial charge on any atom is -0.486 e. The van der Waals surface area contributed by atoms with E-state index in [9.17, 15) is 18.0 Å². The SMILES string of the molecule is Cc1oc(-c2ccc(C(F)(F)F)cc2)cc1C(CC(C)C)Oc1ccc(C(=O)O)cc1. The molecule has 4 nitrogen and oxygen atoms in total. The molecule has 0 spiro atoms. The lowest BCUT2D eigenvalue weighted by atomic mass is 9.99. The van der Waals surface area contributed by atoms with Gasteiger partial charge in [0, 0.05) is 11.1 Å². The fraction of sp³-hybridized carbons (Fsp3) is 0.292. The predicted octanol–water partition coefficient (Wildman–Crippen LogP) is 7.14. The van der Waals surface area contributed by atoms with Crippen molar-refractivity contribution in [2.75, 3.05) is 0 Å². The topological polar surface area (TPSA) is 59.7 Å². The van der Waals surface area contributed by atoms with Gasteiger partial charge >= 0.3 is 12.1 Å². The molecule has 1 aromatic heterocycles. The molecule has 0 saturated carbocycles. The molecule has 0 amide bonds. The summed E-state index contributed by atoms with van der Waals surface area (Å²) in [6.07, 6.45) is -4.08. The molecule has 0 fully saturated rings. The summed E-state index contributed by atoms with van der Waals surface area (Å²) < 4.78 is 50.4. The third-order valence-corrected chi connectivity index (χ3v) is 4.86. The van der Waals surface area contributed by atoms with Crippen molar-refractivity contribution in [2.45, 2.75) is 39.5 Å². The van der Waals surface area contributed by atoms with Gasteiger partial charge in [-0.1, -0.05) is 26.0 Å². The maximum atomic E-state index is 12.8. The molecular weight excluding hydrogens is 409 g/mol. The quantitative estimate of drug-likeness (QED) is 0.431. The zero-order valence-corrected chi connectivity index (χ0v) is 17.4. The van der Waals surface area contributed by atoms with Crippen molar-refractivity contribution in [3.63, 3.8) is 0 Å². The van der Waals surface area contributed by atoms with Crippen molar-refractivity contribution < 1.29 is 32.2 Å². The third-order valence-electron chi connectivity index (χ3n) is 4.86. The number of alkyl halides is 3. The average molecular weight is 432 g/mol. The zero-order valence-electron chi connectivity index (χ0n) is 17.4. The molecule has 0 aliphatic rings. The number of carboxylic acid groups (broad SMARTS) is 1. The lowest BCUT2D eigenvalue weighted by Gasteiger charge is -2.20. The lowest BCUT2D eigenvalue weighted by molar-refractivity contribution is -0.137. The van der Waals surface area contributed by atoms with E-state index in [1.165, 1.54) is 24.3 Å². The van der Waals surface area contributed by atoms with Crippen molar-refractivity contribution in [1.82, 2.24) is 0 Å². The van der Waals surface area contributed by atoms with Gasteiger partial charge in [-0.05, 0) is 61.7 Å². The summed E-state index contributed by atoms with van der Waals surface area (Å²) in [6, 6.07) is 12.8. The van der Waals surface area contributed by atoms with Crippen LogP contribution in [0.15, 0.2) is 59.0 Å². The monoisotopic (exact) mass is 432 g/mol. The normalized spacial score (nSPS) is 12.7. The van der Waals surface area contributed by atoms with E-state index in [4.69, 9.17) is 14.3 Å². The average Bonchev–Trinajstić information content (AvgIpc) is 3.08. The van der Waals surface area contributed by atoms with Gasteiger partial charge in [0.25, 0.3) is 0 Å². The molecule has 0 saturated heterocycles. The molecule has 31 heavy (non-hydrogen) atoms. The number of rotatable bonds is 7. The van der Waals surface area contributed by atoms with Gasteiger partial charge in [-0.25, -0.2) is 4.79 Å². The molecule has 0 bridgehead atoms. The Labute approximate surface area is 178 Å². The summed E-state index contributed by atoms with van der Waals surface area (Å²) in [5.41, 5.74) is 0.782. The van der Waals surface area contributed by atoms with E-state index in [1.54, 1.807) is 25.1 Å². The van der Waals surface area contributed by atoms with E-state index in [2.05, 4.69) is 13.8 Å². The molecule has 3 aromatic rings. The Kier molecular flexibility index (Phi) is 6.43. The van der Waals surface area contributed by atoms with Crippen LogP contribution in [0.25, 0.3) is 11.3 Å². The van der Waals surface area contributed by atoms with Crippen LogP contribution in [0.1, 0.15) is 53.6 Å². The Morgan fingerprint density at radius 1 is 1.06 bits per heavy atom. The number of aromatic carboxylic acids is 1. The van der Waals surface area contributed by atoms with Gasteiger partial charge < -0.3 is 14.3 Å². The van der Waals surface area contributed by atoms with Crippen LogP contribution in [0.2, 0.25) is 0 Å². The van der Waals surface area contributed by atoms with Crippen LogP contribution in [0.4, 0.5) is 13.2 Å². The first-order valence-corrected chi connectivity index (χ1v) is 9.82.